The van der Waals surface area contributed by atoms with Gasteiger partial charge in [-0.15, -0.1) is 11.3 Å². The number of hydrogen-bond donors (Lipinski definition) is 1. The standard InChI is InChI=1S/C14H12FNO3S/c15-11-5-2-1-4-10(11)9-19-13(17)8-16-14(18)12-6-3-7-20-12/h1-7H,8-9H2,(H,16,18). The average Bonchev–Trinajstić information content (AvgIpc) is 2.98. The molecular formula is C14H12FNO3S. The van der Waals surface area contributed by atoms with Gasteiger partial charge in [0.1, 0.15) is 19.0 Å². The van der Waals surface area contributed by atoms with Crippen molar-refractivity contribution in [3.8, 4) is 0 Å². The summed E-state index contributed by atoms with van der Waals surface area (Å²) < 4.78 is 18.2. The quantitative estimate of drug-likeness (QED) is 0.861. The summed E-state index contributed by atoms with van der Waals surface area (Å²) in [5.41, 5.74) is 0.297. The number of nitrogens with one attached hydrogen (secondary N) is 1. The molecule has 6 heteroatoms. The van der Waals surface area contributed by atoms with Gasteiger partial charge in [0.25, 0.3) is 5.91 Å². The molecular weight excluding hydrogens is 281 g/mol. The Hall–Kier alpha value is -2.21. The largest absolute Gasteiger partial charge is 0.459 e. The summed E-state index contributed by atoms with van der Waals surface area (Å²) in [7, 11) is 0. The number of ether oxygens (including phenoxy) is 1. The summed E-state index contributed by atoms with van der Waals surface area (Å²) in [5, 5.41) is 4.21. The van der Waals surface area contributed by atoms with E-state index in [1.165, 1.54) is 23.5 Å². The monoisotopic (exact) mass is 293 g/mol. The fourth-order valence-electron chi connectivity index (χ4n) is 1.47. The number of carbonyl (C=O) groups excluding carboxylic acids is 2. The van der Waals surface area contributed by atoms with E-state index in [1.807, 2.05) is 0 Å². The molecule has 0 aliphatic rings. The molecule has 0 radical (unpaired) electrons. The smallest absolute Gasteiger partial charge is 0.325 e. The predicted octanol–water partition coefficient (Wildman–Crippen LogP) is 2.36. The highest BCUT2D eigenvalue weighted by molar-refractivity contribution is 7.12. The third kappa shape index (κ3) is 3.89. The van der Waals surface area contributed by atoms with E-state index in [2.05, 4.69) is 5.32 Å². The molecule has 0 saturated carbocycles. The van der Waals surface area contributed by atoms with E-state index in [0.717, 1.165) is 0 Å². The number of hydrogen-bond acceptors (Lipinski definition) is 4. The Kier molecular flexibility index (Phi) is 4.84. The van der Waals surface area contributed by atoms with Crippen LogP contribution in [0.5, 0.6) is 0 Å². The van der Waals surface area contributed by atoms with Crippen LogP contribution >= 0.6 is 11.3 Å². The van der Waals surface area contributed by atoms with Gasteiger partial charge < -0.3 is 10.1 Å². The van der Waals surface area contributed by atoms with E-state index in [9.17, 15) is 14.0 Å². The number of halogens is 1. The molecule has 4 nitrogen and oxygen atoms in total. The SMILES string of the molecule is O=C(CNC(=O)c1cccs1)OCc1ccccc1F. The molecule has 20 heavy (non-hydrogen) atoms. The van der Waals surface area contributed by atoms with Gasteiger partial charge in [-0.25, -0.2) is 4.39 Å². The second kappa shape index (κ2) is 6.81. The van der Waals surface area contributed by atoms with Gasteiger partial charge in [-0.1, -0.05) is 24.3 Å². The maximum Gasteiger partial charge on any atom is 0.325 e. The van der Waals surface area contributed by atoms with E-state index in [1.54, 1.807) is 29.6 Å². The fourth-order valence-corrected chi connectivity index (χ4v) is 2.11. The number of carbonyl (C=O) groups is 2. The number of benzene rings is 1. The predicted molar refractivity (Wildman–Crippen MR) is 72.8 cm³/mol. The molecule has 1 N–H and O–H groups in total. The highest BCUT2D eigenvalue weighted by atomic mass is 32.1. The molecule has 2 aromatic rings. The highest BCUT2D eigenvalue weighted by Gasteiger charge is 2.10. The third-order valence-electron chi connectivity index (χ3n) is 2.48. The van der Waals surface area contributed by atoms with Gasteiger partial charge in [-0.3, -0.25) is 9.59 Å². The first-order chi connectivity index (χ1) is 9.66. The lowest BCUT2D eigenvalue weighted by Gasteiger charge is -2.06. The van der Waals surface area contributed by atoms with Crippen molar-refractivity contribution in [2.45, 2.75) is 6.61 Å². The van der Waals surface area contributed by atoms with Crippen molar-refractivity contribution in [2.24, 2.45) is 0 Å². The molecule has 0 bridgehead atoms. The van der Waals surface area contributed by atoms with Gasteiger partial charge in [-0.05, 0) is 17.5 Å². The minimum atomic E-state index is -0.613. The zero-order valence-electron chi connectivity index (χ0n) is 10.5. The molecule has 1 aromatic carbocycles. The minimum Gasteiger partial charge on any atom is -0.459 e. The van der Waals surface area contributed by atoms with E-state index in [-0.39, 0.29) is 19.1 Å². The summed E-state index contributed by atoms with van der Waals surface area (Å²) in [4.78, 5) is 23.5. The Morgan fingerprint density at radius 3 is 2.70 bits per heavy atom. The van der Waals surface area contributed by atoms with E-state index in [0.29, 0.717) is 10.4 Å². The first-order valence-electron chi connectivity index (χ1n) is 5.87. The molecule has 0 saturated heterocycles. The Labute approximate surface area is 119 Å². The fraction of sp³-hybridized carbons (Fsp3) is 0.143. The van der Waals surface area contributed by atoms with Gasteiger partial charge in [-0.2, -0.15) is 0 Å². The highest BCUT2D eigenvalue weighted by Crippen LogP contribution is 2.08. The summed E-state index contributed by atoms with van der Waals surface area (Å²) in [6.45, 7) is -0.397. The minimum absolute atomic E-state index is 0.152. The van der Waals surface area contributed by atoms with Crippen LogP contribution in [0.25, 0.3) is 0 Å². The molecule has 0 atom stereocenters. The molecule has 0 aliphatic carbocycles. The maximum atomic E-state index is 13.3. The zero-order valence-corrected chi connectivity index (χ0v) is 11.3. The third-order valence-corrected chi connectivity index (χ3v) is 3.35. The molecule has 0 spiro atoms. The molecule has 0 unspecified atom stereocenters. The zero-order chi connectivity index (χ0) is 14.4. The van der Waals surface area contributed by atoms with E-state index in [4.69, 9.17) is 4.74 Å². The lowest BCUT2D eigenvalue weighted by molar-refractivity contribution is -0.143. The van der Waals surface area contributed by atoms with Gasteiger partial charge in [0.2, 0.25) is 0 Å². The summed E-state index contributed by atoms with van der Waals surface area (Å²) in [5.74, 6) is -1.37. The lowest BCUT2D eigenvalue weighted by Crippen LogP contribution is -2.30. The second-order valence-electron chi connectivity index (χ2n) is 3.91. The van der Waals surface area contributed by atoms with Gasteiger partial charge >= 0.3 is 5.97 Å². The van der Waals surface area contributed by atoms with Crippen molar-refractivity contribution in [1.29, 1.82) is 0 Å². The number of amides is 1. The Balaban J connectivity index is 1.76. The molecule has 1 amide bonds. The van der Waals surface area contributed by atoms with Gasteiger partial charge in [0.05, 0.1) is 4.88 Å². The van der Waals surface area contributed by atoms with Crippen LogP contribution in [0.4, 0.5) is 4.39 Å². The number of esters is 1. The summed E-state index contributed by atoms with van der Waals surface area (Å²) in [6.07, 6.45) is 0. The average molecular weight is 293 g/mol. The molecule has 1 heterocycles. The van der Waals surface area contributed by atoms with Crippen LogP contribution in [0.2, 0.25) is 0 Å². The van der Waals surface area contributed by atoms with Gasteiger partial charge in [0.15, 0.2) is 0 Å². The van der Waals surface area contributed by atoms with Crippen molar-refractivity contribution in [2.75, 3.05) is 6.54 Å². The Morgan fingerprint density at radius 1 is 1.20 bits per heavy atom. The normalized spacial score (nSPS) is 10.1. The van der Waals surface area contributed by atoms with Crippen LogP contribution in [-0.4, -0.2) is 18.4 Å². The van der Waals surface area contributed by atoms with Crippen molar-refractivity contribution < 1.29 is 18.7 Å². The Morgan fingerprint density at radius 2 is 2.00 bits per heavy atom. The Bertz CT molecular complexity index is 598. The van der Waals surface area contributed by atoms with Crippen LogP contribution in [0.1, 0.15) is 15.2 Å². The van der Waals surface area contributed by atoms with Crippen molar-refractivity contribution in [3.05, 3.63) is 58.0 Å². The van der Waals surface area contributed by atoms with Crippen LogP contribution in [0.15, 0.2) is 41.8 Å². The topological polar surface area (TPSA) is 55.4 Å². The first kappa shape index (κ1) is 14.2. The maximum absolute atomic E-state index is 13.3. The molecule has 1 aromatic heterocycles. The van der Waals surface area contributed by atoms with E-state index >= 15 is 0 Å². The van der Waals surface area contributed by atoms with Crippen molar-refractivity contribution in [3.63, 3.8) is 0 Å². The number of rotatable bonds is 5. The lowest BCUT2D eigenvalue weighted by atomic mass is 10.2. The van der Waals surface area contributed by atoms with Crippen LogP contribution in [0, 0.1) is 5.82 Å². The summed E-state index contributed by atoms with van der Waals surface area (Å²) >= 11 is 1.28. The summed E-state index contributed by atoms with van der Waals surface area (Å²) in [6, 6.07) is 9.45. The van der Waals surface area contributed by atoms with Crippen molar-refractivity contribution in [1.82, 2.24) is 5.32 Å². The van der Waals surface area contributed by atoms with Crippen LogP contribution in [0.3, 0.4) is 0 Å². The van der Waals surface area contributed by atoms with Crippen LogP contribution in [-0.2, 0) is 16.1 Å². The van der Waals surface area contributed by atoms with E-state index < -0.39 is 11.8 Å². The number of thiophene rings is 1. The molecule has 104 valence electrons. The van der Waals surface area contributed by atoms with Crippen molar-refractivity contribution >= 4 is 23.2 Å². The molecule has 0 aliphatic heterocycles. The van der Waals surface area contributed by atoms with Gasteiger partial charge in [0, 0.05) is 5.56 Å². The molecule has 2 rings (SSSR count). The molecule has 0 fully saturated rings. The first-order valence-corrected chi connectivity index (χ1v) is 6.75. The second-order valence-corrected chi connectivity index (χ2v) is 4.86. The van der Waals surface area contributed by atoms with Crippen LogP contribution < -0.4 is 5.32 Å².